The van der Waals surface area contributed by atoms with Crippen molar-refractivity contribution in [3.63, 3.8) is 0 Å². The van der Waals surface area contributed by atoms with Gasteiger partial charge in [-0.15, -0.1) is 0 Å². The summed E-state index contributed by atoms with van der Waals surface area (Å²) in [5.41, 5.74) is 2.00. The van der Waals surface area contributed by atoms with Crippen molar-refractivity contribution in [1.82, 2.24) is 4.90 Å². The number of rotatable bonds is 5. The highest BCUT2D eigenvalue weighted by Gasteiger charge is 2.11. The van der Waals surface area contributed by atoms with Gasteiger partial charge in [-0.2, -0.15) is 5.26 Å². The quantitative estimate of drug-likeness (QED) is 0.310. The summed E-state index contributed by atoms with van der Waals surface area (Å²) >= 11 is 4.46. The van der Waals surface area contributed by atoms with E-state index in [1.165, 1.54) is 8.47 Å². The Kier molecular flexibility index (Phi) is 7.25. The first-order chi connectivity index (χ1) is 11.9. The molecule has 0 radical (unpaired) electrons. The zero-order chi connectivity index (χ0) is 18.4. The first-order valence-corrected chi connectivity index (χ1v) is 9.56. The van der Waals surface area contributed by atoms with Gasteiger partial charge in [-0.1, -0.05) is 18.2 Å². The van der Waals surface area contributed by atoms with Gasteiger partial charge < -0.3 is 9.64 Å². The summed E-state index contributed by atoms with van der Waals surface area (Å²) in [6, 6.07) is 15.7. The molecule has 0 saturated carbocycles. The summed E-state index contributed by atoms with van der Waals surface area (Å²) in [5, 5.41) is 9.17. The third kappa shape index (κ3) is 5.71. The van der Waals surface area contributed by atoms with Crippen molar-refractivity contribution in [3.05, 3.63) is 66.3 Å². The Labute approximate surface area is 174 Å². The van der Waals surface area contributed by atoms with Crippen LogP contribution < -0.4 is 4.74 Å². The van der Waals surface area contributed by atoms with Gasteiger partial charge in [-0.05, 0) is 86.7 Å². The zero-order valence-electron chi connectivity index (χ0n) is 13.8. The van der Waals surface area contributed by atoms with Gasteiger partial charge >= 0.3 is 0 Å². The Hall–Kier alpha value is -1.60. The average Bonchev–Trinajstić information content (AvgIpc) is 2.59. The van der Waals surface area contributed by atoms with Gasteiger partial charge in [-0.3, -0.25) is 4.79 Å². The van der Waals surface area contributed by atoms with Crippen molar-refractivity contribution in [1.29, 1.82) is 5.26 Å². The summed E-state index contributed by atoms with van der Waals surface area (Å²) in [6.07, 6.45) is 1.59. The smallest absolute Gasteiger partial charge is 0.264 e. The van der Waals surface area contributed by atoms with E-state index >= 15 is 0 Å². The predicted molar refractivity (Wildman–Crippen MR) is 115 cm³/mol. The Morgan fingerprint density at radius 2 is 1.88 bits per heavy atom. The molecule has 0 saturated heterocycles. The predicted octanol–water partition coefficient (Wildman–Crippen LogP) is 4.47. The molecule has 0 N–H and O–H groups in total. The lowest BCUT2D eigenvalue weighted by Crippen LogP contribution is -2.22. The summed E-state index contributed by atoms with van der Waals surface area (Å²) < 4.78 is 7.97. The van der Waals surface area contributed by atoms with E-state index < -0.39 is 0 Å². The van der Waals surface area contributed by atoms with Gasteiger partial charge in [0.25, 0.3) is 5.91 Å². The molecule has 0 aliphatic heterocycles. The van der Waals surface area contributed by atoms with Crippen LogP contribution in [0.4, 0.5) is 0 Å². The summed E-state index contributed by atoms with van der Waals surface area (Å²) in [6.45, 7) is 0.491. The van der Waals surface area contributed by atoms with Gasteiger partial charge in [0.2, 0.25) is 0 Å². The minimum atomic E-state index is -0.309. The Morgan fingerprint density at radius 3 is 2.44 bits per heavy atom. The van der Waals surface area contributed by atoms with E-state index in [2.05, 4.69) is 45.2 Å². The number of halogens is 2. The lowest BCUT2D eigenvalue weighted by Gasteiger charge is -2.10. The number of likely N-dealkylation sites (N-methyl/N-ethyl adjacent to an activating group) is 1. The van der Waals surface area contributed by atoms with Crippen molar-refractivity contribution < 1.29 is 9.53 Å². The van der Waals surface area contributed by atoms with E-state index in [1.54, 1.807) is 20.2 Å². The van der Waals surface area contributed by atoms with Crippen LogP contribution in [0.5, 0.6) is 5.75 Å². The molecule has 0 spiro atoms. The van der Waals surface area contributed by atoms with Gasteiger partial charge in [0, 0.05) is 17.7 Å². The minimum absolute atomic E-state index is 0.105. The maximum absolute atomic E-state index is 11.9. The van der Waals surface area contributed by atoms with Crippen molar-refractivity contribution >= 4 is 57.2 Å². The second-order valence-corrected chi connectivity index (χ2v) is 7.88. The van der Waals surface area contributed by atoms with Crippen LogP contribution in [0.2, 0.25) is 0 Å². The molecule has 2 aromatic carbocycles. The fourth-order valence-corrected chi connectivity index (χ4v) is 3.07. The fourth-order valence-electron chi connectivity index (χ4n) is 2.02. The van der Waals surface area contributed by atoms with Crippen LogP contribution in [0.3, 0.4) is 0 Å². The maximum atomic E-state index is 11.9. The first-order valence-electron chi connectivity index (χ1n) is 7.41. The summed E-state index contributed by atoms with van der Waals surface area (Å²) in [5.74, 6) is 0.463. The topological polar surface area (TPSA) is 53.3 Å². The number of nitrogens with zero attached hydrogens (tertiary/aromatic N) is 2. The molecular formula is C19H16I2N2O2. The molecule has 4 nitrogen and oxygen atoms in total. The molecule has 2 aromatic rings. The van der Waals surface area contributed by atoms with E-state index in [9.17, 15) is 4.79 Å². The molecule has 128 valence electrons. The normalized spacial score (nSPS) is 10.9. The molecule has 0 bridgehead atoms. The van der Waals surface area contributed by atoms with Crippen LogP contribution in [0.15, 0.2) is 48.0 Å². The molecule has 1 amide bonds. The third-order valence-corrected chi connectivity index (χ3v) is 4.89. The van der Waals surface area contributed by atoms with Crippen LogP contribution in [0.25, 0.3) is 6.08 Å². The van der Waals surface area contributed by atoms with E-state index in [0.29, 0.717) is 6.61 Å². The highest BCUT2D eigenvalue weighted by molar-refractivity contribution is 14.1. The largest absolute Gasteiger partial charge is 0.488 e. The lowest BCUT2D eigenvalue weighted by molar-refractivity contribution is -0.124. The average molecular weight is 558 g/mol. The van der Waals surface area contributed by atoms with Gasteiger partial charge in [0.1, 0.15) is 24.0 Å². The Morgan fingerprint density at radius 1 is 1.20 bits per heavy atom. The number of carbonyl (C=O) groups is 1. The molecule has 6 heteroatoms. The number of carbonyl (C=O) groups excluding carboxylic acids is 1. The molecule has 0 atom stereocenters. The second-order valence-electron chi connectivity index (χ2n) is 5.47. The van der Waals surface area contributed by atoms with E-state index in [0.717, 1.165) is 20.4 Å². The zero-order valence-corrected chi connectivity index (χ0v) is 18.1. The van der Waals surface area contributed by atoms with Gasteiger partial charge in [0.15, 0.2) is 0 Å². The number of benzene rings is 2. The monoisotopic (exact) mass is 558 g/mol. The highest BCUT2D eigenvalue weighted by Crippen LogP contribution is 2.24. The number of hydrogen-bond donors (Lipinski definition) is 0. The van der Waals surface area contributed by atoms with Crippen LogP contribution >= 0.6 is 45.2 Å². The highest BCUT2D eigenvalue weighted by atomic mass is 127. The summed E-state index contributed by atoms with van der Waals surface area (Å²) in [7, 11) is 3.25. The molecule has 0 unspecified atom stereocenters. The molecule has 2 rings (SSSR count). The number of nitriles is 1. The van der Waals surface area contributed by atoms with Crippen LogP contribution in [-0.4, -0.2) is 24.9 Å². The molecule has 0 aliphatic rings. The Bertz CT molecular complexity index is 837. The Balaban J connectivity index is 2.13. The number of amides is 1. The fraction of sp³-hybridized carbons (Fsp3) is 0.158. The van der Waals surface area contributed by atoms with Gasteiger partial charge in [0.05, 0.1) is 3.57 Å². The van der Waals surface area contributed by atoms with Crippen molar-refractivity contribution in [3.8, 4) is 11.8 Å². The minimum Gasteiger partial charge on any atom is -0.488 e. The van der Waals surface area contributed by atoms with Crippen molar-refractivity contribution in [2.75, 3.05) is 14.1 Å². The van der Waals surface area contributed by atoms with Crippen LogP contribution in [0, 0.1) is 18.5 Å². The first kappa shape index (κ1) is 19.7. The molecular weight excluding hydrogens is 542 g/mol. The molecule has 0 aliphatic carbocycles. The second kappa shape index (κ2) is 9.20. The maximum Gasteiger partial charge on any atom is 0.264 e. The van der Waals surface area contributed by atoms with Crippen LogP contribution in [0.1, 0.15) is 11.1 Å². The van der Waals surface area contributed by atoms with Crippen LogP contribution in [-0.2, 0) is 11.4 Å². The molecule has 0 heterocycles. The lowest BCUT2D eigenvalue weighted by atomic mass is 10.1. The van der Waals surface area contributed by atoms with E-state index in [1.807, 2.05) is 48.5 Å². The summed E-state index contributed by atoms with van der Waals surface area (Å²) in [4.78, 5) is 13.3. The van der Waals surface area contributed by atoms with Crippen molar-refractivity contribution in [2.45, 2.75) is 6.61 Å². The van der Waals surface area contributed by atoms with E-state index in [4.69, 9.17) is 10.00 Å². The SMILES string of the molecule is CN(C)C(=O)/C(C#N)=C\c1ccc(OCc2ccc(I)cc2)c(I)c1. The van der Waals surface area contributed by atoms with E-state index in [-0.39, 0.29) is 11.5 Å². The number of ether oxygens (including phenoxy) is 1. The van der Waals surface area contributed by atoms with Crippen molar-refractivity contribution in [2.24, 2.45) is 0 Å². The molecule has 0 aromatic heterocycles. The third-order valence-electron chi connectivity index (χ3n) is 3.33. The number of hydrogen-bond acceptors (Lipinski definition) is 3. The van der Waals surface area contributed by atoms with Gasteiger partial charge in [-0.25, -0.2) is 0 Å². The molecule has 0 fully saturated rings. The molecule has 25 heavy (non-hydrogen) atoms. The standard InChI is InChI=1S/C19H16I2N2O2/c1-23(2)19(24)15(11-22)9-14-5-8-18(17(21)10-14)25-12-13-3-6-16(20)7-4-13/h3-10H,12H2,1-2H3/b15-9-.